The van der Waals surface area contributed by atoms with E-state index in [4.69, 9.17) is 17.3 Å². The van der Waals surface area contributed by atoms with E-state index in [0.29, 0.717) is 10.2 Å². The fourth-order valence-electron chi connectivity index (χ4n) is 2.02. The lowest BCUT2D eigenvalue weighted by molar-refractivity contribution is -0.117. The largest absolute Gasteiger partial charge is 0.368 e. The van der Waals surface area contributed by atoms with Crippen molar-refractivity contribution in [3.63, 3.8) is 0 Å². The maximum atomic E-state index is 11.8. The van der Waals surface area contributed by atoms with Gasteiger partial charge in [0.15, 0.2) is 0 Å². The number of benzene rings is 2. The Balaban J connectivity index is 1.92. The standard InChI is InChI=1S/C15H12ClN5OS/c16-11-6-8-12(9-7-11)21-15(18-19-20-21)23-13(14(17)22)10-4-2-1-3-5-10/h1-9,13H,(H2,17,22). The Morgan fingerprint density at radius 2 is 1.83 bits per heavy atom. The molecule has 1 amide bonds. The van der Waals surface area contributed by atoms with Crippen LogP contribution in [0.5, 0.6) is 0 Å². The number of thioether (sulfide) groups is 1. The van der Waals surface area contributed by atoms with Crippen LogP contribution in [-0.4, -0.2) is 26.1 Å². The van der Waals surface area contributed by atoms with Gasteiger partial charge in [0.2, 0.25) is 11.1 Å². The van der Waals surface area contributed by atoms with E-state index < -0.39 is 11.2 Å². The highest BCUT2D eigenvalue weighted by molar-refractivity contribution is 8.00. The van der Waals surface area contributed by atoms with Crippen LogP contribution < -0.4 is 5.73 Å². The summed E-state index contributed by atoms with van der Waals surface area (Å²) in [5.74, 6) is -0.452. The number of carbonyl (C=O) groups is 1. The normalized spacial score (nSPS) is 12.0. The molecule has 0 radical (unpaired) electrons. The first-order chi connectivity index (χ1) is 11.1. The third-order valence-corrected chi connectivity index (χ3v) is 4.55. The summed E-state index contributed by atoms with van der Waals surface area (Å²) in [7, 11) is 0. The molecule has 8 heteroatoms. The van der Waals surface area contributed by atoms with Gasteiger partial charge in [-0.05, 0) is 40.3 Å². The summed E-state index contributed by atoms with van der Waals surface area (Å²) >= 11 is 7.09. The Bertz CT molecular complexity index is 806. The lowest BCUT2D eigenvalue weighted by Crippen LogP contribution is -2.19. The van der Waals surface area contributed by atoms with Crippen LogP contribution in [0, 0.1) is 0 Å². The van der Waals surface area contributed by atoms with E-state index >= 15 is 0 Å². The number of hydrogen-bond donors (Lipinski definition) is 1. The fourth-order valence-corrected chi connectivity index (χ4v) is 3.09. The number of rotatable bonds is 5. The Kier molecular flexibility index (Phi) is 4.59. The van der Waals surface area contributed by atoms with Gasteiger partial charge in [-0.25, -0.2) is 0 Å². The summed E-state index contributed by atoms with van der Waals surface area (Å²) in [5.41, 5.74) is 7.09. The number of aromatic nitrogens is 4. The Morgan fingerprint density at radius 1 is 1.13 bits per heavy atom. The molecule has 0 bridgehead atoms. The first-order valence-corrected chi connectivity index (χ1v) is 7.96. The molecular formula is C15H12ClN5OS. The molecule has 0 aliphatic rings. The minimum absolute atomic E-state index is 0.452. The SMILES string of the molecule is NC(=O)C(Sc1nnnn1-c1ccc(Cl)cc1)c1ccccc1. The molecule has 0 aliphatic heterocycles. The topological polar surface area (TPSA) is 86.7 Å². The van der Waals surface area contributed by atoms with Crippen molar-refractivity contribution in [1.29, 1.82) is 0 Å². The monoisotopic (exact) mass is 345 g/mol. The van der Waals surface area contributed by atoms with Gasteiger partial charge in [-0.3, -0.25) is 4.79 Å². The molecular weight excluding hydrogens is 334 g/mol. The smallest absolute Gasteiger partial charge is 0.235 e. The Labute approximate surface area is 141 Å². The van der Waals surface area contributed by atoms with Gasteiger partial charge in [-0.2, -0.15) is 4.68 Å². The maximum absolute atomic E-state index is 11.8. The number of hydrogen-bond acceptors (Lipinski definition) is 5. The van der Waals surface area contributed by atoms with Crippen LogP contribution in [-0.2, 0) is 4.79 Å². The molecule has 0 fully saturated rings. The summed E-state index contributed by atoms with van der Waals surface area (Å²) in [6.07, 6.45) is 0. The number of primary amides is 1. The molecule has 0 saturated carbocycles. The molecule has 0 saturated heterocycles. The second-order valence-electron chi connectivity index (χ2n) is 4.66. The van der Waals surface area contributed by atoms with E-state index in [0.717, 1.165) is 11.3 Å². The average molecular weight is 346 g/mol. The lowest BCUT2D eigenvalue weighted by Gasteiger charge is -2.12. The zero-order valence-electron chi connectivity index (χ0n) is 11.8. The quantitative estimate of drug-likeness (QED) is 0.718. The summed E-state index contributed by atoms with van der Waals surface area (Å²) < 4.78 is 1.54. The van der Waals surface area contributed by atoms with Crippen molar-refractivity contribution in [3.8, 4) is 5.69 Å². The van der Waals surface area contributed by atoms with E-state index in [9.17, 15) is 4.79 Å². The van der Waals surface area contributed by atoms with Crippen LogP contribution in [0.15, 0.2) is 59.8 Å². The molecule has 6 nitrogen and oxygen atoms in total. The number of nitrogens with two attached hydrogens (primary N) is 1. The van der Waals surface area contributed by atoms with Crippen molar-refractivity contribution in [2.45, 2.75) is 10.4 Å². The Morgan fingerprint density at radius 3 is 2.48 bits per heavy atom. The highest BCUT2D eigenvalue weighted by atomic mass is 35.5. The zero-order valence-corrected chi connectivity index (χ0v) is 13.4. The second kappa shape index (κ2) is 6.80. The van der Waals surface area contributed by atoms with Crippen molar-refractivity contribution in [1.82, 2.24) is 20.2 Å². The molecule has 3 rings (SSSR count). The maximum Gasteiger partial charge on any atom is 0.235 e. The van der Waals surface area contributed by atoms with Gasteiger partial charge in [0.1, 0.15) is 5.25 Å². The van der Waals surface area contributed by atoms with Crippen molar-refractivity contribution < 1.29 is 4.79 Å². The third-order valence-electron chi connectivity index (χ3n) is 3.10. The van der Waals surface area contributed by atoms with Crippen LogP contribution in [0.25, 0.3) is 5.69 Å². The summed E-state index contributed by atoms with van der Waals surface area (Å²) in [5, 5.41) is 12.1. The molecule has 3 aromatic rings. The number of halogens is 1. The number of carbonyl (C=O) groups excluding carboxylic acids is 1. The van der Waals surface area contributed by atoms with Gasteiger partial charge in [0, 0.05) is 5.02 Å². The van der Waals surface area contributed by atoms with Crippen LogP contribution in [0.2, 0.25) is 5.02 Å². The number of amides is 1. The minimum Gasteiger partial charge on any atom is -0.368 e. The first kappa shape index (κ1) is 15.5. The van der Waals surface area contributed by atoms with Gasteiger partial charge >= 0.3 is 0 Å². The highest BCUT2D eigenvalue weighted by Gasteiger charge is 2.23. The predicted octanol–water partition coefficient (Wildman–Crippen LogP) is 2.63. The number of tetrazole rings is 1. The van der Waals surface area contributed by atoms with Crippen LogP contribution >= 0.6 is 23.4 Å². The molecule has 1 unspecified atom stereocenters. The molecule has 1 heterocycles. The first-order valence-electron chi connectivity index (χ1n) is 6.70. The van der Waals surface area contributed by atoms with Gasteiger partial charge in [0.05, 0.1) is 5.69 Å². The summed E-state index contributed by atoms with van der Waals surface area (Å²) in [4.78, 5) is 11.8. The third kappa shape index (κ3) is 3.52. The highest BCUT2D eigenvalue weighted by Crippen LogP contribution is 2.34. The number of nitrogens with zero attached hydrogens (tertiary/aromatic N) is 4. The van der Waals surface area contributed by atoms with E-state index in [-0.39, 0.29) is 0 Å². The summed E-state index contributed by atoms with van der Waals surface area (Å²) in [6, 6.07) is 16.4. The minimum atomic E-state index is -0.576. The van der Waals surface area contributed by atoms with Gasteiger partial charge in [0.25, 0.3) is 0 Å². The second-order valence-corrected chi connectivity index (χ2v) is 6.17. The van der Waals surface area contributed by atoms with Crippen LogP contribution in [0.3, 0.4) is 0 Å². The van der Waals surface area contributed by atoms with Crippen molar-refractivity contribution >= 4 is 29.3 Å². The lowest BCUT2D eigenvalue weighted by atomic mass is 10.1. The van der Waals surface area contributed by atoms with Gasteiger partial charge in [-0.1, -0.05) is 53.7 Å². The van der Waals surface area contributed by atoms with E-state index in [1.54, 1.807) is 28.9 Å². The van der Waals surface area contributed by atoms with Gasteiger partial charge < -0.3 is 5.73 Å². The molecule has 2 aromatic carbocycles. The van der Waals surface area contributed by atoms with E-state index in [1.807, 2.05) is 30.3 Å². The predicted molar refractivity (Wildman–Crippen MR) is 88.4 cm³/mol. The molecule has 23 heavy (non-hydrogen) atoms. The molecule has 0 spiro atoms. The van der Waals surface area contributed by atoms with E-state index in [1.165, 1.54) is 11.8 Å². The van der Waals surface area contributed by atoms with Crippen molar-refractivity contribution in [2.75, 3.05) is 0 Å². The van der Waals surface area contributed by atoms with Crippen LogP contribution in [0.1, 0.15) is 10.8 Å². The summed E-state index contributed by atoms with van der Waals surface area (Å²) in [6.45, 7) is 0. The zero-order chi connectivity index (χ0) is 16.2. The molecule has 0 aliphatic carbocycles. The fraction of sp³-hybridized carbons (Fsp3) is 0.0667. The average Bonchev–Trinajstić information content (AvgIpc) is 3.02. The van der Waals surface area contributed by atoms with Crippen LogP contribution in [0.4, 0.5) is 0 Å². The van der Waals surface area contributed by atoms with Crippen molar-refractivity contribution in [2.24, 2.45) is 5.73 Å². The van der Waals surface area contributed by atoms with E-state index in [2.05, 4.69) is 15.5 Å². The molecule has 2 N–H and O–H groups in total. The molecule has 116 valence electrons. The van der Waals surface area contributed by atoms with Gasteiger partial charge in [-0.15, -0.1) is 5.10 Å². The Hall–Kier alpha value is -2.38. The molecule has 1 atom stereocenters. The molecule has 1 aromatic heterocycles. The van der Waals surface area contributed by atoms with Crippen molar-refractivity contribution in [3.05, 3.63) is 65.2 Å².